The lowest BCUT2D eigenvalue weighted by atomic mass is 10.1. The largest absolute Gasteiger partial charge is 0.465 e. The van der Waals surface area contributed by atoms with Gasteiger partial charge in [-0.3, -0.25) is 4.79 Å². The van der Waals surface area contributed by atoms with Crippen molar-refractivity contribution in [2.75, 3.05) is 31.2 Å². The third-order valence-electron chi connectivity index (χ3n) is 4.31. The van der Waals surface area contributed by atoms with E-state index in [2.05, 4.69) is 29.2 Å². The molecule has 4 heteroatoms. The second kappa shape index (κ2) is 6.94. The van der Waals surface area contributed by atoms with Gasteiger partial charge in [0.25, 0.3) is 0 Å². The molecule has 1 aromatic carbocycles. The maximum absolute atomic E-state index is 11.8. The quantitative estimate of drug-likeness (QED) is 0.781. The molecule has 2 fully saturated rings. The van der Waals surface area contributed by atoms with Crippen LogP contribution in [0.5, 0.6) is 0 Å². The van der Waals surface area contributed by atoms with Crippen LogP contribution in [0, 0.1) is 5.92 Å². The van der Waals surface area contributed by atoms with E-state index < -0.39 is 0 Å². The molecule has 2 aliphatic rings. The lowest BCUT2D eigenvalue weighted by molar-refractivity contribution is -0.147. The summed E-state index contributed by atoms with van der Waals surface area (Å²) in [5, 5.41) is 0. The van der Waals surface area contributed by atoms with Crippen molar-refractivity contribution in [3.05, 3.63) is 30.3 Å². The van der Waals surface area contributed by atoms with Crippen LogP contribution in [0.15, 0.2) is 30.3 Å². The topological polar surface area (TPSA) is 38.8 Å². The number of carbonyl (C=O) groups excluding carboxylic acids is 1. The van der Waals surface area contributed by atoms with Crippen LogP contribution >= 0.6 is 0 Å². The monoisotopic (exact) mass is 289 g/mol. The van der Waals surface area contributed by atoms with Crippen LogP contribution in [0.2, 0.25) is 0 Å². The summed E-state index contributed by atoms with van der Waals surface area (Å²) >= 11 is 0. The Morgan fingerprint density at radius 3 is 2.90 bits per heavy atom. The molecule has 114 valence electrons. The molecule has 21 heavy (non-hydrogen) atoms. The molecule has 2 atom stereocenters. The Morgan fingerprint density at radius 1 is 1.29 bits per heavy atom. The summed E-state index contributed by atoms with van der Waals surface area (Å²) in [5.41, 5.74) is 1.26. The van der Waals surface area contributed by atoms with Gasteiger partial charge in [-0.15, -0.1) is 0 Å². The zero-order valence-corrected chi connectivity index (χ0v) is 12.4. The molecule has 2 aliphatic heterocycles. The number of nitrogens with zero attached hydrogens (tertiary/aromatic N) is 1. The SMILES string of the molecule is O=C(C[C@H]1CCCO1)OC[C@H]1CCN(c2ccccc2)C1. The molecule has 2 saturated heterocycles. The molecule has 0 aromatic heterocycles. The van der Waals surface area contributed by atoms with Gasteiger partial charge in [-0.25, -0.2) is 0 Å². The fourth-order valence-corrected chi connectivity index (χ4v) is 3.10. The van der Waals surface area contributed by atoms with Gasteiger partial charge in [0.1, 0.15) is 0 Å². The van der Waals surface area contributed by atoms with E-state index in [1.807, 2.05) is 6.07 Å². The van der Waals surface area contributed by atoms with Crippen molar-refractivity contribution in [2.45, 2.75) is 31.8 Å². The number of para-hydroxylation sites is 1. The van der Waals surface area contributed by atoms with E-state index >= 15 is 0 Å². The molecule has 0 radical (unpaired) electrons. The average molecular weight is 289 g/mol. The third-order valence-corrected chi connectivity index (χ3v) is 4.31. The number of benzene rings is 1. The molecule has 4 nitrogen and oxygen atoms in total. The highest BCUT2D eigenvalue weighted by Crippen LogP contribution is 2.24. The van der Waals surface area contributed by atoms with Gasteiger partial charge < -0.3 is 14.4 Å². The Hall–Kier alpha value is -1.55. The number of rotatable bonds is 5. The zero-order valence-electron chi connectivity index (χ0n) is 12.4. The minimum absolute atomic E-state index is 0.0851. The van der Waals surface area contributed by atoms with Gasteiger partial charge in [0.05, 0.1) is 19.1 Å². The average Bonchev–Trinajstić information content (AvgIpc) is 3.17. The highest BCUT2D eigenvalue weighted by molar-refractivity contribution is 5.70. The highest BCUT2D eigenvalue weighted by atomic mass is 16.5. The van der Waals surface area contributed by atoms with Gasteiger partial charge >= 0.3 is 5.97 Å². The summed E-state index contributed by atoms with van der Waals surface area (Å²) in [5.74, 6) is 0.332. The van der Waals surface area contributed by atoms with Crippen LogP contribution in [0.1, 0.15) is 25.7 Å². The first-order chi connectivity index (χ1) is 10.3. The van der Waals surface area contributed by atoms with Crippen LogP contribution in [0.25, 0.3) is 0 Å². The summed E-state index contributed by atoms with van der Waals surface area (Å²) in [6.07, 6.45) is 3.63. The lowest BCUT2D eigenvalue weighted by Gasteiger charge is -2.18. The molecule has 0 unspecified atom stereocenters. The van der Waals surface area contributed by atoms with Gasteiger partial charge in [-0.05, 0) is 31.4 Å². The third kappa shape index (κ3) is 3.97. The van der Waals surface area contributed by atoms with Gasteiger partial charge in [0.15, 0.2) is 0 Å². The maximum Gasteiger partial charge on any atom is 0.308 e. The molecule has 1 aromatic rings. The van der Waals surface area contributed by atoms with Crippen LogP contribution < -0.4 is 4.90 Å². The van der Waals surface area contributed by atoms with E-state index in [-0.39, 0.29) is 12.1 Å². The fraction of sp³-hybridized carbons (Fsp3) is 0.588. The molecule has 2 heterocycles. The Labute approximate surface area is 126 Å². The zero-order chi connectivity index (χ0) is 14.5. The van der Waals surface area contributed by atoms with E-state index in [1.165, 1.54) is 5.69 Å². The van der Waals surface area contributed by atoms with E-state index in [0.29, 0.717) is 18.9 Å². The highest BCUT2D eigenvalue weighted by Gasteiger charge is 2.25. The normalized spacial score (nSPS) is 25.2. The predicted octanol–water partition coefficient (Wildman–Crippen LogP) is 2.63. The van der Waals surface area contributed by atoms with Gasteiger partial charge in [-0.1, -0.05) is 18.2 Å². The number of hydrogen-bond donors (Lipinski definition) is 0. The molecular formula is C17H23NO3. The molecule has 0 amide bonds. The van der Waals surface area contributed by atoms with Crippen molar-refractivity contribution in [3.8, 4) is 0 Å². The smallest absolute Gasteiger partial charge is 0.308 e. The Balaban J connectivity index is 1.39. The molecule has 0 spiro atoms. The summed E-state index contributed by atoms with van der Waals surface area (Å²) in [6, 6.07) is 10.4. The van der Waals surface area contributed by atoms with Crippen molar-refractivity contribution < 1.29 is 14.3 Å². The first-order valence-corrected chi connectivity index (χ1v) is 7.88. The van der Waals surface area contributed by atoms with Gasteiger partial charge in [0, 0.05) is 31.3 Å². The second-order valence-corrected chi connectivity index (χ2v) is 5.96. The molecule has 3 rings (SSSR count). The van der Waals surface area contributed by atoms with Gasteiger partial charge in [0.2, 0.25) is 0 Å². The van der Waals surface area contributed by atoms with Crippen LogP contribution in [-0.4, -0.2) is 38.4 Å². The summed E-state index contributed by atoms with van der Waals surface area (Å²) in [6.45, 7) is 3.33. The Kier molecular flexibility index (Phi) is 4.76. The van der Waals surface area contributed by atoms with Crippen molar-refractivity contribution in [1.82, 2.24) is 0 Å². The second-order valence-electron chi connectivity index (χ2n) is 5.96. The Morgan fingerprint density at radius 2 is 2.14 bits per heavy atom. The molecule has 0 saturated carbocycles. The minimum Gasteiger partial charge on any atom is -0.465 e. The first-order valence-electron chi connectivity index (χ1n) is 7.88. The maximum atomic E-state index is 11.8. The van der Waals surface area contributed by atoms with E-state index in [0.717, 1.165) is 39.0 Å². The van der Waals surface area contributed by atoms with Crippen molar-refractivity contribution in [3.63, 3.8) is 0 Å². The van der Waals surface area contributed by atoms with Crippen molar-refractivity contribution in [2.24, 2.45) is 5.92 Å². The summed E-state index contributed by atoms with van der Waals surface area (Å²) in [7, 11) is 0. The number of anilines is 1. The van der Waals surface area contributed by atoms with Crippen LogP contribution in [0.3, 0.4) is 0 Å². The van der Waals surface area contributed by atoms with Crippen molar-refractivity contribution in [1.29, 1.82) is 0 Å². The predicted molar refractivity (Wildman–Crippen MR) is 81.3 cm³/mol. The molecule has 0 aliphatic carbocycles. The molecular weight excluding hydrogens is 266 g/mol. The van der Waals surface area contributed by atoms with Gasteiger partial charge in [-0.2, -0.15) is 0 Å². The molecule has 0 bridgehead atoms. The number of hydrogen-bond acceptors (Lipinski definition) is 4. The Bertz CT molecular complexity index is 456. The summed E-state index contributed by atoms with van der Waals surface area (Å²) < 4.78 is 10.9. The minimum atomic E-state index is -0.111. The summed E-state index contributed by atoms with van der Waals surface area (Å²) in [4.78, 5) is 14.2. The van der Waals surface area contributed by atoms with Crippen LogP contribution in [0.4, 0.5) is 5.69 Å². The standard InChI is InChI=1S/C17H23NO3/c19-17(11-16-7-4-10-20-16)21-13-14-8-9-18(12-14)15-5-2-1-3-6-15/h1-3,5-6,14,16H,4,7-13H2/t14-,16+/m0/s1. The van der Waals surface area contributed by atoms with Crippen molar-refractivity contribution >= 4 is 11.7 Å². The fourth-order valence-electron chi connectivity index (χ4n) is 3.10. The van der Waals surface area contributed by atoms with E-state index in [9.17, 15) is 4.79 Å². The first kappa shape index (κ1) is 14.4. The number of ether oxygens (including phenoxy) is 2. The lowest BCUT2D eigenvalue weighted by Crippen LogP contribution is -2.23. The number of esters is 1. The number of carbonyl (C=O) groups is 1. The van der Waals surface area contributed by atoms with Crippen LogP contribution in [-0.2, 0) is 14.3 Å². The van der Waals surface area contributed by atoms with E-state index in [4.69, 9.17) is 9.47 Å². The van der Waals surface area contributed by atoms with E-state index in [1.54, 1.807) is 0 Å². The molecule has 0 N–H and O–H groups in total.